The number of ether oxygens (including phenoxy) is 2. The lowest BCUT2D eigenvalue weighted by atomic mass is 9.97. The first-order valence-corrected chi connectivity index (χ1v) is 6.83. The normalized spacial score (nSPS) is 12.0. The maximum absolute atomic E-state index is 13.1. The Morgan fingerprint density at radius 3 is 2.24 bits per heavy atom. The molecule has 0 aliphatic rings. The van der Waals surface area contributed by atoms with Crippen molar-refractivity contribution in [1.82, 2.24) is 5.32 Å². The van der Waals surface area contributed by atoms with Gasteiger partial charge >= 0.3 is 0 Å². The molecule has 0 radical (unpaired) electrons. The van der Waals surface area contributed by atoms with Gasteiger partial charge in [-0.3, -0.25) is 0 Å². The van der Waals surface area contributed by atoms with Crippen molar-refractivity contribution in [3.05, 3.63) is 58.4 Å². The maximum Gasteiger partial charge on any atom is 0.146 e. The van der Waals surface area contributed by atoms with E-state index >= 15 is 0 Å². The Balaban J connectivity index is 2.52. The number of rotatable bonds is 5. The van der Waals surface area contributed by atoms with Gasteiger partial charge in [0, 0.05) is 5.56 Å². The van der Waals surface area contributed by atoms with Crippen molar-refractivity contribution in [3.63, 3.8) is 0 Å². The smallest absolute Gasteiger partial charge is 0.146 e. The summed E-state index contributed by atoms with van der Waals surface area (Å²) in [5, 5.41) is 3.61. The Hall–Kier alpha value is -1.78. The molecule has 112 valence electrons. The molecule has 1 N–H and O–H groups in total. The van der Waals surface area contributed by atoms with E-state index in [-0.39, 0.29) is 11.9 Å². The summed E-state index contributed by atoms with van der Waals surface area (Å²) in [4.78, 5) is 0. The summed E-state index contributed by atoms with van der Waals surface area (Å²) in [6.07, 6.45) is 0. The molecule has 3 nitrogen and oxygen atoms in total. The zero-order chi connectivity index (χ0) is 15.4. The number of halogens is 2. The summed E-state index contributed by atoms with van der Waals surface area (Å²) in [7, 11) is 4.93. The molecule has 0 aliphatic heterocycles. The fourth-order valence-corrected chi connectivity index (χ4v) is 2.63. The van der Waals surface area contributed by atoms with Crippen molar-refractivity contribution in [2.45, 2.75) is 6.04 Å². The number of nitrogens with one attached hydrogen (secondary N) is 1. The minimum absolute atomic E-state index is 0.163. The molecule has 5 heteroatoms. The quantitative estimate of drug-likeness (QED) is 0.911. The minimum atomic E-state index is -0.270. The number of methoxy groups -OCH3 is 2. The Morgan fingerprint density at radius 1 is 1.05 bits per heavy atom. The molecule has 0 bridgehead atoms. The van der Waals surface area contributed by atoms with Crippen molar-refractivity contribution in [3.8, 4) is 11.5 Å². The third-order valence-electron chi connectivity index (χ3n) is 3.32. The summed E-state index contributed by atoms with van der Waals surface area (Å²) in [5.74, 6) is 0.819. The average Bonchev–Trinajstić information content (AvgIpc) is 2.50. The summed E-state index contributed by atoms with van der Waals surface area (Å²) >= 11 is 6.29. The predicted molar refractivity (Wildman–Crippen MR) is 81.9 cm³/mol. The highest BCUT2D eigenvalue weighted by molar-refractivity contribution is 6.33. The molecule has 2 aromatic carbocycles. The summed E-state index contributed by atoms with van der Waals surface area (Å²) in [6, 6.07) is 9.82. The topological polar surface area (TPSA) is 30.5 Å². The van der Waals surface area contributed by atoms with Gasteiger partial charge in [-0.25, -0.2) is 4.39 Å². The molecule has 2 aromatic rings. The van der Waals surface area contributed by atoms with E-state index in [2.05, 4.69) is 5.32 Å². The molecule has 0 heterocycles. The van der Waals surface area contributed by atoms with Crippen LogP contribution in [0.3, 0.4) is 0 Å². The molecule has 0 amide bonds. The second-order valence-electron chi connectivity index (χ2n) is 4.48. The van der Waals surface area contributed by atoms with Gasteiger partial charge < -0.3 is 14.8 Å². The SMILES string of the molecule is CNC(c1ccc(F)cc1)c1ccc(OC)c(Cl)c1OC. The Kier molecular flexibility index (Phi) is 5.04. The fraction of sp³-hybridized carbons (Fsp3) is 0.250. The van der Waals surface area contributed by atoms with E-state index in [1.807, 2.05) is 13.1 Å². The highest BCUT2D eigenvalue weighted by Crippen LogP contribution is 2.40. The first-order valence-electron chi connectivity index (χ1n) is 6.45. The zero-order valence-electron chi connectivity index (χ0n) is 12.1. The van der Waals surface area contributed by atoms with Crippen LogP contribution in [0.2, 0.25) is 5.02 Å². The van der Waals surface area contributed by atoms with E-state index in [1.165, 1.54) is 12.1 Å². The lowest BCUT2D eigenvalue weighted by Crippen LogP contribution is -2.18. The predicted octanol–water partition coefficient (Wildman–Crippen LogP) is 3.81. The summed E-state index contributed by atoms with van der Waals surface area (Å²) in [5.41, 5.74) is 1.77. The van der Waals surface area contributed by atoms with E-state index in [4.69, 9.17) is 21.1 Å². The molecule has 0 aromatic heterocycles. The van der Waals surface area contributed by atoms with Crippen molar-refractivity contribution in [2.24, 2.45) is 0 Å². The monoisotopic (exact) mass is 309 g/mol. The Labute approximate surface area is 128 Å². The fourth-order valence-electron chi connectivity index (χ4n) is 2.30. The van der Waals surface area contributed by atoms with Crippen LogP contribution in [0, 0.1) is 5.82 Å². The van der Waals surface area contributed by atoms with Gasteiger partial charge in [0.25, 0.3) is 0 Å². The molecule has 1 unspecified atom stereocenters. The third kappa shape index (κ3) is 3.12. The van der Waals surface area contributed by atoms with Gasteiger partial charge in [-0.2, -0.15) is 0 Å². The van der Waals surface area contributed by atoms with Crippen LogP contribution in [0.5, 0.6) is 11.5 Å². The van der Waals surface area contributed by atoms with Crippen LogP contribution >= 0.6 is 11.6 Å². The van der Waals surface area contributed by atoms with Crippen LogP contribution in [0.1, 0.15) is 17.2 Å². The molecule has 0 saturated heterocycles. The van der Waals surface area contributed by atoms with Gasteiger partial charge in [0.15, 0.2) is 0 Å². The van der Waals surface area contributed by atoms with Crippen LogP contribution in [0.4, 0.5) is 4.39 Å². The van der Waals surface area contributed by atoms with E-state index in [0.717, 1.165) is 11.1 Å². The molecule has 0 saturated carbocycles. The molecule has 0 fully saturated rings. The van der Waals surface area contributed by atoms with Crippen LogP contribution in [0.15, 0.2) is 36.4 Å². The van der Waals surface area contributed by atoms with Gasteiger partial charge in [0.1, 0.15) is 22.3 Å². The van der Waals surface area contributed by atoms with E-state index in [0.29, 0.717) is 16.5 Å². The van der Waals surface area contributed by atoms with E-state index in [1.54, 1.807) is 32.4 Å². The van der Waals surface area contributed by atoms with Crippen LogP contribution < -0.4 is 14.8 Å². The maximum atomic E-state index is 13.1. The first-order chi connectivity index (χ1) is 10.1. The van der Waals surface area contributed by atoms with Crippen molar-refractivity contribution >= 4 is 11.6 Å². The molecular weight excluding hydrogens is 293 g/mol. The molecular formula is C16H17ClFNO2. The highest BCUT2D eigenvalue weighted by atomic mass is 35.5. The lowest BCUT2D eigenvalue weighted by molar-refractivity contribution is 0.388. The van der Waals surface area contributed by atoms with Crippen LogP contribution in [-0.4, -0.2) is 21.3 Å². The van der Waals surface area contributed by atoms with Crippen molar-refractivity contribution in [2.75, 3.05) is 21.3 Å². The largest absolute Gasteiger partial charge is 0.495 e. The van der Waals surface area contributed by atoms with Gasteiger partial charge in [-0.05, 0) is 36.9 Å². The number of hydrogen-bond acceptors (Lipinski definition) is 3. The first kappa shape index (κ1) is 15.6. The lowest BCUT2D eigenvalue weighted by Gasteiger charge is -2.21. The summed E-state index contributed by atoms with van der Waals surface area (Å²) < 4.78 is 23.7. The molecule has 0 spiro atoms. The minimum Gasteiger partial charge on any atom is -0.495 e. The Morgan fingerprint density at radius 2 is 1.71 bits per heavy atom. The molecule has 2 rings (SSSR count). The zero-order valence-corrected chi connectivity index (χ0v) is 12.9. The van der Waals surface area contributed by atoms with Gasteiger partial charge in [0.2, 0.25) is 0 Å². The molecule has 21 heavy (non-hydrogen) atoms. The second kappa shape index (κ2) is 6.78. The van der Waals surface area contributed by atoms with Crippen LogP contribution in [0.25, 0.3) is 0 Å². The third-order valence-corrected chi connectivity index (χ3v) is 3.68. The van der Waals surface area contributed by atoms with E-state index in [9.17, 15) is 4.39 Å². The highest BCUT2D eigenvalue weighted by Gasteiger charge is 2.21. The second-order valence-corrected chi connectivity index (χ2v) is 4.86. The van der Waals surface area contributed by atoms with Crippen LogP contribution in [-0.2, 0) is 0 Å². The standard InChI is InChI=1S/C16H17ClFNO2/c1-19-15(10-4-6-11(18)7-5-10)12-8-9-13(20-2)14(17)16(12)21-3/h4-9,15,19H,1-3H3. The number of benzene rings is 2. The molecule has 0 aliphatic carbocycles. The number of hydrogen-bond donors (Lipinski definition) is 1. The van der Waals surface area contributed by atoms with Crippen molar-refractivity contribution < 1.29 is 13.9 Å². The van der Waals surface area contributed by atoms with Gasteiger partial charge in [-0.1, -0.05) is 23.7 Å². The Bertz CT molecular complexity index is 616. The average molecular weight is 310 g/mol. The van der Waals surface area contributed by atoms with Crippen molar-refractivity contribution in [1.29, 1.82) is 0 Å². The molecule has 1 atom stereocenters. The van der Waals surface area contributed by atoms with Gasteiger partial charge in [-0.15, -0.1) is 0 Å². The van der Waals surface area contributed by atoms with E-state index < -0.39 is 0 Å². The summed E-state index contributed by atoms with van der Waals surface area (Å²) in [6.45, 7) is 0. The van der Waals surface area contributed by atoms with Gasteiger partial charge in [0.05, 0.1) is 20.3 Å².